The summed E-state index contributed by atoms with van der Waals surface area (Å²) >= 11 is 0. The van der Waals surface area contributed by atoms with Gasteiger partial charge < -0.3 is 38.4 Å². The maximum Gasteiger partial charge on any atom is 0.303 e. The molecule has 18 heteroatoms. The number of rotatable bonds is 30. The van der Waals surface area contributed by atoms with Crippen LogP contribution in [0.5, 0.6) is 0 Å². The molecular formula is C45H65N2O14S2+. The number of carbonyl (C=O) groups is 1. The lowest BCUT2D eigenvalue weighted by molar-refractivity contribution is -0.438. The lowest BCUT2D eigenvalue weighted by Crippen LogP contribution is -2.33. The summed E-state index contributed by atoms with van der Waals surface area (Å²) in [6.45, 7) is 13.9. The summed E-state index contributed by atoms with van der Waals surface area (Å²) in [4.78, 5) is 12.9. The number of allylic oxidation sites excluding steroid dienone is 6. The molecule has 0 aromatic heterocycles. The molecule has 1 atom stereocenters. The van der Waals surface area contributed by atoms with Gasteiger partial charge in [0.2, 0.25) is 5.69 Å². The van der Waals surface area contributed by atoms with Crippen LogP contribution in [0.1, 0.15) is 70.9 Å². The number of fused-ring (bicyclic) bond motifs is 2. The molecule has 2 heterocycles. The highest BCUT2D eigenvalue weighted by atomic mass is 32.2. The van der Waals surface area contributed by atoms with Gasteiger partial charge in [0.05, 0.1) is 81.3 Å². The molecular weight excluding hydrogens is 857 g/mol. The minimum atomic E-state index is -4.51. The van der Waals surface area contributed by atoms with E-state index in [1.54, 1.807) is 19.2 Å². The first-order valence-electron chi connectivity index (χ1n) is 21.3. The van der Waals surface area contributed by atoms with Gasteiger partial charge in [-0.3, -0.25) is 13.9 Å². The predicted molar refractivity (Wildman–Crippen MR) is 239 cm³/mol. The van der Waals surface area contributed by atoms with Crippen molar-refractivity contribution in [2.45, 2.75) is 80.4 Å². The van der Waals surface area contributed by atoms with E-state index in [1.165, 1.54) is 24.3 Å². The Labute approximate surface area is 372 Å². The smallest absolute Gasteiger partial charge is 0.303 e. The Bertz CT molecular complexity index is 2180. The van der Waals surface area contributed by atoms with E-state index >= 15 is 0 Å². The number of unbranched alkanes of at least 4 members (excludes halogenated alkanes) is 2. The first kappa shape index (κ1) is 51.8. The van der Waals surface area contributed by atoms with Gasteiger partial charge in [-0.1, -0.05) is 32.1 Å². The standard InChI is InChI=1S/C45H64N2O14S2/c1-6-46-39-18-16-35(62(50,51)52)33-37(39)44(2,3)41(46)13-9-7-10-14-42-45(4,20-22-57-25-26-59-29-30-61-32-31-60-28-27-58-24-23-56-5)38-34-36(63(53,54)55)17-19-40(38)47(42)21-12-8-11-15-43(48)49/h7,9-10,13-14,16-19,33-34H,6,8,11-12,15,20-32H2,1-5H3,(H2-,48,49,50,51,52,53,54,55)/p+1. The van der Waals surface area contributed by atoms with E-state index < -0.39 is 37.0 Å². The van der Waals surface area contributed by atoms with E-state index in [0.717, 1.165) is 28.3 Å². The van der Waals surface area contributed by atoms with E-state index in [4.69, 9.17) is 28.4 Å². The zero-order chi connectivity index (χ0) is 46.1. The number of hydrogen-bond acceptors (Lipinski definition) is 12. The molecule has 0 saturated carbocycles. The third-order valence-electron chi connectivity index (χ3n) is 11.2. The lowest BCUT2D eigenvalue weighted by Gasteiger charge is -2.25. The van der Waals surface area contributed by atoms with Crippen molar-refractivity contribution in [1.82, 2.24) is 0 Å². The summed E-state index contributed by atoms with van der Waals surface area (Å²) in [6, 6.07) is 9.23. The van der Waals surface area contributed by atoms with Crippen molar-refractivity contribution in [3.05, 3.63) is 83.6 Å². The van der Waals surface area contributed by atoms with Gasteiger partial charge in [0.15, 0.2) is 5.71 Å². The summed E-state index contributed by atoms with van der Waals surface area (Å²) in [7, 11) is -7.27. The molecule has 0 fully saturated rings. The van der Waals surface area contributed by atoms with Gasteiger partial charge in [-0.2, -0.15) is 21.4 Å². The van der Waals surface area contributed by atoms with Crippen LogP contribution in [0.25, 0.3) is 0 Å². The number of carboxylic acids is 1. The minimum absolute atomic E-state index is 0.0669. The summed E-state index contributed by atoms with van der Waals surface area (Å²) in [5.74, 6) is -0.852. The highest BCUT2D eigenvalue weighted by molar-refractivity contribution is 7.86. The van der Waals surface area contributed by atoms with Gasteiger partial charge >= 0.3 is 5.97 Å². The number of carboxylic acid groups (broad SMARTS) is 1. The Hall–Kier alpha value is -3.82. The number of likely N-dealkylation sites (N-methyl/N-ethyl adjacent to an activating group) is 1. The van der Waals surface area contributed by atoms with Crippen molar-refractivity contribution in [2.24, 2.45) is 0 Å². The minimum Gasteiger partial charge on any atom is -0.481 e. The third kappa shape index (κ3) is 14.6. The van der Waals surface area contributed by atoms with E-state index in [9.17, 15) is 35.8 Å². The van der Waals surface area contributed by atoms with Gasteiger partial charge in [-0.15, -0.1) is 0 Å². The van der Waals surface area contributed by atoms with Crippen molar-refractivity contribution in [3.8, 4) is 0 Å². The van der Waals surface area contributed by atoms with Crippen LogP contribution in [0.4, 0.5) is 11.4 Å². The highest BCUT2D eigenvalue weighted by Gasteiger charge is 2.48. The van der Waals surface area contributed by atoms with Crippen LogP contribution in [-0.2, 0) is 64.3 Å². The molecule has 0 radical (unpaired) electrons. The first-order valence-corrected chi connectivity index (χ1v) is 24.2. The number of methoxy groups -OCH3 is 1. The molecule has 16 nitrogen and oxygen atoms in total. The van der Waals surface area contributed by atoms with Crippen LogP contribution >= 0.6 is 0 Å². The summed E-state index contributed by atoms with van der Waals surface area (Å²) in [6.07, 6.45) is 12.1. The lowest BCUT2D eigenvalue weighted by atomic mass is 9.76. The molecule has 1 unspecified atom stereocenters. The number of nitrogens with zero attached hydrogens (tertiary/aromatic N) is 2. The maximum absolute atomic E-state index is 12.4. The van der Waals surface area contributed by atoms with Crippen LogP contribution in [-0.4, -0.2) is 140 Å². The fourth-order valence-corrected chi connectivity index (χ4v) is 8.85. The SMILES string of the molecule is CCN1/C(=C/C=C/C=C/C2=[N+](CCCCCC(=O)O)c3ccc(S(=O)(=O)O)cc3C2(C)CCOCCOCCOCCOCCOCCOC)C(C)(C)c2cc(S(=O)(=O)O)ccc21. The molecule has 2 aliphatic rings. The van der Waals surface area contributed by atoms with Crippen LogP contribution in [0, 0.1) is 0 Å². The fourth-order valence-electron chi connectivity index (χ4n) is 7.83. The molecule has 0 aliphatic carbocycles. The number of ether oxygens (including phenoxy) is 6. The Kier molecular flexibility index (Phi) is 20.1. The molecule has 4 rings (SSSR count). The van der Waals surface area contributed by atoms with Gasteiger partial charge in [-0.25, -0.2) is 0 Å². The third-order valence-corrected chi connectivity index (χ3v) is 12.9. The number of benzene rings is 2. The largest absolute Gasteiger partial charge is 0.481 e. The number of anilines is 1. The van der Waals surface area contributed by atoms with Crippen LogP contribution < -0.4 is 4.90 Å². The summed E-state index contributed by atoms with van der Waals surface area (Å²) < 4.78 is 104. The Morgan fingerprint density at radius 2 is 1.25 bits per heavy atom. The van der Waals surface area contributed by atoms with Crippen molar-refractivity contribution in [2.75, 3.05) is 97.8 Å². The topological polar surface area (TPSA) is 208 Å². The second-order valence-corrected chi connectivity index (χ2v) is 18.7. The Morgan fingerprint density at radius 1 is 0.714 bits per heavy atom. The average molecular weight is 922 g/mol. The molecule has 2 aromatic carbocycles. The predicted octanol–water partition coefficient (Wildman–Crippen LogP) is 6.11. The monoisotopic (exact) mass is 921 g/mol. The maximum atomic E-state index is 12.4. The molecule has 63 heavy (non-hydrogen) atoms. The van der Waals surface area contributed by atoms with Crippen LogP contribution in [0.2, 0.25) is 0 Å². The molecule has 2 aromatic rings. The number of hydrogen-bond donors (Lipinski definition) is 3. The van der Waals surface area contributed by atoms with Crippen molar-refractivity contribution < 1.29 is 68.8 Å². The quantitative estimate of drug-likeness (QED) is 0.0350. The van der Waals surface area contributed by atoms with Gasteiger partial charge in [0, 0.05) is 67.6 Å². The van der Waals surface area contributed by atoms with E-state index in [1.807, 2.05) is 58.1 Å². The van der Waals surface area contributed by atoms with Crippen molar-refractivity contribution >= 4 is 43.3 Å². The second kappa shape index (κ2) is 24.5. The molecule has 2 aliphatic heterocycles. The molecule has 0 amide bonds. The Morgan fingerprint density at radius 3 is 1.79 bits per heavy atom. The zero-order valence-electron chi connectivity index (χ0n) is 37.1. The fraction of sp³-hybridized carbons (Fsp3) is 0.556. The summed E-state index contributed by atoms with van der Waals surface area (Å²) in [5.41, 5.74) is 3.63. The highest BCUT2D eigenvalue weighted by Crippen LogP contribution is 2.48. The molecule has 0 saturated heterocycles. The van der Waals surface area contributed by atoms with E-state index in [2.05, 4.69) is 9.48 Å². The normalized spacial score (nSPS) is 18.1. The summed E-state index contributed by atoms with van der Waals surface area (Å²) in [5, 5.41) is 9.18. The Balaban J connectivity index is 1.48. The van der Waals surface area contributed by atoms with Crippen LogP contribution in [0.3, 0.4) is 0 Å². The second-order valence-electron chi connectivity index (χ2n) is 15.9. The van der Waals surface area contributed by atoms with Gasteiger partial charge in [-0.05, 0) is 75.1 Å². The van der Waals surface area contributed by atoms with Crippen molar-refractivity contribution in [3.63, 3.8) is 0 Å². The van der Waals surface area contributed by atoms with Gasteiger partial charge in [0.1, 0.15) is 6.54 Å². The molecule has 3 N–H and O–H groups in total. The van der Waals surface area contributed by atoms with Crippen molar-refractivity contribution in [1.29, 1.82) is 0 Å². The van der Waals surface area contributed by atoms with Crippen LogP contribution in [0.15, 0.2) is 82.3 Å². The van der Waals surface area contributed by atoms with E-state index in [-0.39, 0.29) is 16.2 Å². The van der Waals surface area contributed by atoms with E-state index in [0.29, 0.717) is 117 Å². The average Bonchev–Trinajstić information content (AvgIpc) is 3.59. The zero-order valence-corrected chi connectivity index (χ0v) is 38.8. The first-order chi connectivity index (χ1) is 30.0. The molecule has 0 bridgehead atoms. The van der Waals surface area contributed by atoms with Gasteiger partial charge in [0.25, 0.3) is 20.2 Å². The molecule has 0 spiro atoms. The number of aliphatic carboxylic acids is 1. The molecule has 350 valence electrons.